The van der Waals surface area contributed by atoms with Crippen molar-refractivity contribution in [1.82, 2.24) is 10.6 Å². The maximum atomic E-state index is 11.5. The highest BCUT2D eigenvalue weighted by atomic mass is 16.7. The monoisotopic (exact) mass is 408 g/mol. The molecule has 0 aromatic carbocycles. The lowest BCUT2D eigenvalue weighted by Gasteiger charge is -2.46. The van der Waals surface area contributed by atoms with E-state index in [-0.39, 0.29) is 6.61 Å². The van der Waals surface area contributed by atoms with Crippen molar-refractivity contribution >= 4 is 11.8 Å². The number of ether oxygens (including phenoxy) is 3. The summed E-state index contributed by atoms with van der Waals surface area (Å²) in [5.74, 6) is -0.941. The molecule has 2 aliphatic rings. The molecular formula is C16H28N2O10. The lowest BCUT2D eigenvalue weighted by Crippen LogP contribution is -2.67. The van der Waals surface area contributed by atoms with Crippen molar-refractivity contribution in [2.75, 3.05) is 19.8 Å². The lowest BCUT2D eigenvalue weighted by molar-refractivity contribution is -0.309. The second kappa shape index (κ2) is 9.89. The molecule has 2 amide bonds. The molecule has 9 atom stereocenters. The molecule has 12 heteroatoms. The minimum Gasteiger partial charge on any atom is -0.394 e. The summed E-state index contributed by atoms with van der Waals surface area (Å²) in [5, 5.41) is 54.7. The first-order valence-electron chi connectivity index (χ1n) is 8.92. The summed E-state index contributed by atoms with van der Waals surface area (Å²) >= 11 is 0. The van der Waals surface area contributed by atoms with Crippen molar-refractivity contribution < 1.29 is 49.3 Å². The summed E-state index contributed by atoms with van der Waals surface area (Å²) in [5.41, 5.74) is 0. The van der Waals surface area contributed by atoms with Crippen molar-refractivity contribution in [3.63, 3.8) is 0 Å². The number of rotatable bonds is 6. The van der Waals surface area contributed by atoms with E-state index in [1.54, 1.807) is 0 Å². The molecule has 0 aromatic rings. The molecule has 2 aliphatic heterocycles. The van der Waals surface area contributed by atoms with Gasteiger partial charge in [0.1, 0.15) is 42.7 Å². The van der Waals surface area contributed by atoms with Gasteiger partial charge in [0, 0.05) is 13.8 Å². The maximum Gasteiger partial charge on any atom is 0.217 e. The standard InChI is InChI=1S/C16H28N2O10/c1-6(21)17-8-5-26-10(4-20)15(12(8)23)28-16-11(18-7(2)22)14(25)13(24)9(3-19)27-16/h8-16,19-20,23-25H,3-5H2,1-2H3,(H,17,21)(H,18,22)/t8-,9+,10-,11+,12-,13+,14+,15-,16+/m1/s1. The Morgan fingerprint density at radius 3 is 2.11 bits per heavy atom. The average Bonchev–Trinajstić information content (AvgIpc) is 2.63. The number of hydrogen-bond acceptors (Lipinski definition) is 10. The van der Waals surface area contributed by atoms with Crippen LogP contribution in [0.2, 0.25) is 0 Å². The third kappa shape index (κ3) is 5.15. The molecule has 0 saturated carbocycles. The number of carbonyl (C=O) groups is 2. The van der Waals surface area contributed by atoms with Gasteiger partial charge in [-0.15, -0.1) is 0 Å². The van der Waals surface area contributed by atoms with Gasteiger partial charge in [-0.1, -0.05) is 0 Å². The smallest absolute Gasteiger partial charge is 0.217 e. The highest BCUT2D eigenvalue weighted by molar-refractivity contribution is 5.73. The highest BCUT2D eigenvalue weighted by Crippen LogP contribution is 2.27. The van der Waals surface area contributed by atoms with E-state index in [0.717, 1.165) is 0 Å². The predicted molar refractivity (Wildman–Crippen MR) is 90.7 cm³/mol. The number of nitrogens with one attached hydrogen (secondary N) is 2. The highest BCUT2D eigenvalue weighted by Gasteiger charge is 2.49. The summed E-state index contributed by atoms with van der Waals surface area (Å²) in [4.78, 5) is 22.8. The van der Waals surface area contributed by atoms with Gasteiger partial charge in [-0.3, -0.25) is 9.59 Å². The number of hydrogen-bond donors (Lipinski definition) is 7. The zero-order valence-corrected chi connectivity index (χ0v) is 15.6. The fourth-order valence-corrected chi connectivity index (χ4v) is 3.32. The van der Waals surface area contributed by atoms with E-state index >= 15 is 0 Å². The van der Waals surface area contributed by atoms with E-state index < -0.39 is 80.0 Å². The van der Waals surface area contributed by atoms with Crippen molar-refractivity contribution in [3.05, 3.63) is 0 Å². The first kappa shape index (κ1) is 22.9. The van der Waals surface area contributed by atoms with Crippen molar-refractivity contribution in [1.29, 1.82) is 0 Å². The summed E-state index contributed by atoms with van der Waals surface area (Å²) in [7, 11) is 0. The fraction of sp³-hybridized carbons (Fsp3) is 0.875. The molecule has 28 heavy (non-hydrogen) atoms. The van der Waals surface area contributed by atoms with Crippen LogP contribution >= 0.6 is 0 Å². The predicted octanol–water partition coefficient (Wildman–Crippen LogP) is -4.43. The van der Waals surface area contributed by atoms with E-state index in [9.17, 15) is 35.1 Å². The van der Waals surface area contributed by atoms with Gasteiger partial charge in [0.2, 0.25) is 11.8 Å². The fourth-order valence-electron chi connectivity index (χ4n) is 3.32. The van der Waals surface area contributed by atoms with E-state index in [0.29, 0.717) is 0 Å². The van der Waals surface area contributed by atoms with Crippen LogP contribution in [-0.4, -0.2) is 112 Å². The van der Waals surface area contributed by atoms with Crippen LogP contribution < -0.4 is 10.6 Å². The third-order valence-corrected chi connectivity index (χ3v) is 4.72. The van der Waals surface area contributed by atoms with Crippen LogP contribution in [0.15, 0.2) is 0 Å². The second-order valence-electron chi connectivity index (χ2n) is 6.89. The van der Waals surface area contributed by atoms with Crippen molar-refractivity contribution in [3.8, 4) is 0 Å². The largest absolute Gasteiger partial charge is 0.394 e. The van der Waals surface area contributed by atoms with Crippen LogP contribution in [0.25, 0.3) is 0 Å². The van der Waals surface area contributed by atoms with Crippen LogP contribution in [0.4, 0.5) is 0 Å². The minimum absolute atomic E-state index is 0.0624. The van der Waals surface area contributed by atoms with Gasteiger partial charge in [-0.05, 0) is 0 Å². The number of aliphatic hydroxyl groups is 5. The Morgan fingerprint density at radius 2 is 1.57 bits per heavy atom. The van der Waals surface area contributed by atoms with E-state index in [2.05, 4.69) is 10.6 Å². The first-order chi connectivity index (χ1) is 13.2. The molecule has 2 saturated heterocycles. The molecule has 2 rings (SSSR count). The molecule has 0 spiro atoms. The van der Waals surface area contributed by atoms with Gasteiger partial charge in [0.15, 0.2) is 6.29 Å². The second-order valence-corrected chi connectivity index (χ2v) is 6.89. The molecule has 0 unspecified atom stereocenters. The first-order valence-corrected chi connectivity index (χ1v) is 8.92. The molecule has 7 N–H and O–H groups in total. The Bertz CT molecular complexity index is 550. The Morgan fingerprint density at radius 1 is 0.964 bits per heavy atom. The normalized spacial score (nSPS) is 41.3. The van der Waals surface area contributed by atoms with E-state index in [1.165, 1.54) is 13.8 Å². The topological polar surface area (TPSA) is 187 Å². The Kier molecular flexibility index (Phi) is 8.09. The Hall–Kier alpha value is -1.38. The van der Waals surface area contributed by atoms with E-state index in [1.807, 2.05) is 0 Å². The molecule has 12 nitrogen and oxygen atoms in total. The quantitative estimate of drug-likeness (QED) is 0.226. The summed E-state index contributed by atoms with van der Waals surface area (Å²) < 4.78 is 16.6. The van der Waals surface area contributed by atoms with Crippen LogP contribution in [-0.2, 0) is 23.8 Å². The van der Waals surface area contributed by atoms with Gasteiger partial charge in [0.25, 0.3) is 0 Å². The molecule has 162 valence electrons. The summed E-state index contributed by atoms with van der Waals surface area (Å²) in [6.07, 6.45) is -9.07. The number of aliphatic hydroxyl groups excluding tert-OH is 5. The zero-order valence-electron chi connectivity index (χ0n) is 15.6. The van der Waals surface area contributed by atoms with Gasteiger partial charge in [-0.25, -0.2) is 0 Å². The number of amides is 2. The molecule has 0 aromatic heterocycles. The van der Waals surface area contributed by atoms with Gasteiger partial charge in [0.05, 0.1) is 25.9 Å². The molecule has 2 fully saturated rings. The van der Waals surface area contributed by atoms with Crippen molar-refractivity contribution in [2.24, 2.45) is 0 Å². The van der Waals surface area contributed by atoms with Crippen LogP contribution in [0.3, 0.4) is 0 Å². The van der Waals surface area contributed by atoms with Gasteiger partial charge in [-0.2, -0.15) is 0 Å². The van der Waals surface area contributed by atoms with Crippen molar-refractivity contribution in [2.45, 2.75) is 68.8 Å². The zero-order chi connectivity index (χ0) is 21.0. The SMILES string of the molecule is CC(=O)N[C@@H]1[C@H](O[C@H]2[C@H](O)[C@H](NC(C)=O)CO[C@@H]2CO)O[C@@H](CO)[C@H](O)[C@H]1O. The van der Waals surface area contributed by atoms with E-state index in [4.69, 9.17) is 14.2 Å². The molecule has 2 heterocycles. The Balaban J connectivity index is 2.22. The molecule has 0 aliphatic carbocycles. The van der Waals surface area contributed by atoms with Gasteiger partial charge < -0.3 is 50.4 Å². The summed E-state index contributed by atoms with van der Waals surface area (Å²) in [6, 6.07) is -2.04. The van der Waals surface area contributed by atoms with Crippen LogP contribution in [0.1, 0.15) is 13.8 Å². The summed E-state index contributed by atoms with van der Waals surface area (Å²) in [6.45, 7) is 1.25. The molecule has 0 bridgehead atoms. The Labute approximate surface area is 161 Å². The maximum absolute atomic E-state index is 11.5. The average molecular weight is 408 g/mol. The molecular weight excluding hydrogens is 380 g/mol. The minimum atomic E-state index is -1.53. The number of carbonyl (C=O) groups excluding carboxylic acids is 2. The lowest BCUT2D eigenvalue weighted by atomic mass is 9.95. The third-order valence-electron chi connectivity index (χ3n) is 4.72. The van der Waals surface area contributed by atoms with Crippen LogP contribution in [0, 0.1) is 0 Å². The molecule has 0 radical (unpaired) electrons. The van der Waals surface area contributed by atoms with Crippen LogP contribution in [0.5, 0.6) is 0 Å². The van der Waals surface area contributed by atoms with Gasteiger partial charge >= 0.3 is 0 Å².